The molecule has 112 valence electrons. The van der Waals surface area contributed by atoms with E-state index < -0.39 is 0 Å². The van der Waals surface area contributed by atoms with Gasteiger partial charge in [0.25, 0.3) is 0 Å². The Morgan fingerprint density at radius 1 is 1.35 bits per heavy atom. The van der Waals surface area contributed by atoms with E-state index in [2.05, 4.69) is 37.1 Å². The first-order chi connectivity index (χ1) is 9.42. The van der Waals surface area contributed by atoms with Gasteiger partial charge >= 0.3 is 0 Å². The molecule has 0 radical (unpaired) electrons. The van der Waals surface area contributed by atoms with Crippen LogP contribution in [0.3, 0.4) is 0 Å². The van der Waals surface area contributed by atoms with E-state index in [1.807, 2.05) is 0 Å². The Bertz CT molecular complexity index is 408. The summed E-state index contributed by atoms with van der Waals surface area (Å²) in [5.41, 5.74) is -0.434. The van der Waals surface area contributed by atoms with Gasteiger partial charge in [-0.2, -0.15) is 5.26 Å². The van der Waals surface area contributed by atoms with Crippen molar-refractivity contribution in [2.75, 3.05) is 19.6 Å². The Labute approximate surface area is 122 Å². The minimum Gasteiger partial charge on any atom is -0.370 e. The predicted molar refractivity (Wildman–Crippen MR) is 78.3 cm³/mol. The molecule has 3 aliphatic rings. The van der Waals surface area contributed by atoms with Crippen LogP contribution < -0.4 is 5.32 Å². The molecule has 2 unspecified atom stereocenters. The third kappa shape index (κ3) is 3.16. The van der Waals surface area contributed by atoms with Gasteiger partial charge in [-0.05, 0) is 52.4 Å². The molecule has 2 saturated carbocycles. The zero-order valence-corrected chi connectivity index (χ0v) is 13.0. The van der Waals surface area contributed by atoms with Crippen molar-refractivity contribution < 1.29 is 4.74 Å². The SMILES string of the molecule is CC1CN(CC(C#N)(NC2CC2)C2CC2)CC(C)(C)O1. The number of nitrogens with zero attached hydrogens (tertiary/aromatic N) is 2. The zero-order chi connectivity index (χ0) is 14.4. The molecule has 1 saturated heterocycles. The largest absolute Gasteiger partial charge is 0.370 e. The molecule has 4 heteroatoms. The predicted octanol–water partition coefficient (Wildman–Crippen LogP) is 1.91. The number of hydrogen-bond acceptors (Lipinski definition) is 4. The van der Waals surface area contributed by atoms with Crippen LogP contribution in [0.1, 0.15) is 46.5 Å². The molecule has 3 rings (SSSR count). The number of rotatable bonds is 5. The highest BCUT2D eigenvalue weighted by molar-refractivity contribution is 5.19. The number of morpholine rings is 1. The summed E-state index contributed by atoms with van der Waals surface area (Å²) >= 11 is 0. The highest BCUT2D eigenvalue weighted by atomic mass is 16.5. The summed E-state index contributed by atoms with van der Waals surface area (Å²) in [6, 6.07) is 3.23. The van der Waals surface area contributed by atoms with Crippen molar-refractivity contribution in [3.63, 3.8) is 0 Å². The first kappa shape index (κ1) is 14.3. The highest BCUT2D eigenvalue weighted by Crippen LogP contribution is 2.42. The van der Waals surface area contributed by atoms with Gasteiger partial charge in [-0.1, -0.05) is 0 Å². The number of ether oxygens (including phenoxy) is 1. The average Bonchev–Trinajstić information content (AvgIpc) is 3.19. The van der Waals surface area contributed by atoms with E-state index in [-0.39, 0.29) is 17.2 Å². The first-order valence-electron chi connectivity index (χ1n) is 8.02. The maximum atomic E-state index is 9.82. The Balaban J connectivity index is 1.70. The smallest absolute Gasteiger partial charge is 0.122 e. The van der Waals surface area contributed by atoms with Gasteiger partial charge < -0.3 is 4.74 Å². The quantitative estimate of drug-likeness (QED) is 0.834. The van der Waals surface area contributed by atoms with Crippen LogP contribution in [0.5, 0.6) is 0 Å². The van der Waals surface area contributed by atoms with Gasteiger partial charge in [-0.15, -0.1) is 0 Å². The maximum Gasteiger partial charge on any atom is 0.122 e. The van der Waals surface area contributed by atoms with E-state index >= 15 is 0 Å². The van der Waals surface area contributed by atoms with Crippen LogP contribution in [-0.4, -0.2) is 47.8 Å². The van der Waals surface area contributed by atoms with Crippen LogP contribution in [0.15, 0.2) is 0 Å². The minimum atomic E-state index is -0.325. The van der Waals surface area contributed by atoms with Crippen LogP contribution in [0.25, 0.3) is 0 Å². The summed E-state index contributed by atoms with van der Waals surface area (Å²) in [5, 5.41) is 13.5. The molecule has 0 aromatic rings. The molecule has 0 bridgehead atoms. The van der Waals surface area contributed by atoms with Gasteiger partial charge in [-0.25, -0.2) is 0 Å². The third-order valence-corrected chi connectivity index (χ3v) is 4.63. The summed E-state index contributed by atoms with van der Waals surface area (Å²) in [7, 11) is 0. The average molecular weight is 277 g/mol. The molecule has 1 N–H and O–H groups in total. The summed E-state index contributed by atoms with van der Waals surface area (Å²) in [5.74, 6) is 0.550. The molecule has 4 nitrogen and oxygen atoms in total. The molecule has 2 atom stereocenters. The van der Waals surface area contributed by atoms with E-state index in [4.69, 9.17) is 4.74 Å². The lowest BCUT2D eigenvalue weighted by atomic mass is 9.92. The van der Waals surface area contributed by atoms with Gasteiger partial charge in [0.05, 0.1) is 17.8 Å². The van der Waals surface area contributed by atoms with Crippen molar-refractivity contribution in [3.05, 3.63) is 0 Å². The number of nitrogens with one attached hydrogen (secondary N) is 1. The van der Waals surface area contributed by atoms with Crippen molar-refractivity contribution in [2.24, 2.45) is 5.92 Å². The van der Waals surface area contributed by atoms with E-state index in [1.54, 1.807) is 0 Å². The highest BCUT2D eigenvalue weighted by Gasteiger charge is 2.50. The van der Waals surface area contributed by atoms with Crippen LogP contribution >= 0.6 is 0 Å². The van der Waals surface area contributed by atoms with Gasteiger partial charge in [0.15, 0.2) is 0 Å². The second-order valence-electron chi connectivity index (χ2n) is 7.63. The van der Waals surface area contributed by atoms with Crippen molar-refractivity contribution in [1.29, 1.82) is 5.26 Å². The van der Waals surface area contributed by atoms with Crippen LogP contribution in [-0.2, 0) is 4.74 Å². The fourth-order valence-electron chi connectivity index (χ4n) is 3.68. The minimum absolute atomic E-state index is 0.109. The first-order valence-corrected chi connectivity index (χ1v) is 8.02. The van der Waals surface area contributed by atoms with Crippen LogP contribution in [0, 0.1) is 17.2 Å². The second kappa shape index (κ2) is 4.98. The van der Waals surface area contributed by atoms with Gasteiger partial charge in [-0.3, -0.25) is 10.2 Å². The van der Waals surface area contributed by atoms with Crippen molar-refractivity contribution in [2.45, 2.75) is 69.7 Å². The molecule has 0 spiro atoms. The lowest BCUT2D eigenvalue weighted by Gasteiger charge is -2.44. The van der Waals surface area contributed by atoms with E-state index in [1.165, 1.54) is 25.7 Å². The Morgan fingerprint density at radius 3 is 2.55 bits per heavy atom. The fourth-order valence-corrected chi connectivity index (χ4v) is 3.68. The van der Waals surface area contributed by atoms with Crippen molar-refractivity contribution in [3.8, 4) is 6.07 Å². The van der Waals surface area contributed by atoms with Crippen LogP contribution in [0.2, 0.25) is 0 Å². The molecular weight excluding hydrogens is 250 g/mol. The standard InChI is InChI=1S/C16H27N3O/c1-12-8-19(10-15(2,3)20-12)11-16(9-17,13-4-5-13)18-14-6-7-14/h12-14,18H,4-8,10-11H2,1-3H3. The molecule has 0 aromatic heterocycles. The normalized spacial score (nSPS) is 33.4. The summed E-state index contributed by atoms with van der Waals surface area (Å²) in [6.45, 7) is 9.13. The monoisotopic (exact) mass is 277 g/mol. The molecule has 0 aromatic carbocycles. The summed E-state index contributed by atoms with van der Waals surface area (Å²) in [4.78, 5) is 2.44. The summed E-state index contributed by atoms with van der Waals surface area (Å²) < 4.78 is 5.98. The van der Waals surface area contributed by atoms with Gasteiger partial charge in [0, 0.05) is 25.7 Å². The van der Waals surface area contributed by atoms with Crippen LogP contribution in [0.4, 0.5) is 0 Å². The lowest BCUT2D eigenvalue weighted by Crippen LogP contribution is -2.60. The number of hydrogen-bond donors (Lipinski definition) is 1. The zero-order valence-electron chi connectivity index (χ0n) is 13.0. The van der Waals surface area contributed by atoms with E-state index in [0.717, 1.165) is 19.6 Å². The maximum absolute atomic E-state index is 9.82. The molecule has 2 aliphatic carbocycles. The Kier molecular flexibility index (Phi) is 3.56. The molecule has 3 fully saturated rings. The molecular formula is C16H27N3O. The molecule has 0 amide bonds. The number of nitriles is 1. The van der Waals surface area contributed by atoms with Crippen molar-refractivity contribution >= 4 is 0 Å². The topological polar surface area (TPSA) is 48.3 Å². The molecule has 1 aliphatic heterocycles. The van der Waals surface area contributed by atoms with E-state index in [0.29, 0.717) is 12.0 Å². The summed E-state index contributed by atoms with van der Waals surface area (Å²) in [6.07, 6.45) is 5.13. The third-order valence-electron chi connectivity index (χ3n) is 4.63. The fraction of sp³-hybridized carbons (Fsp3) is 0.938. The van der Waals surface area contributed by atoms with Crippen molar-refractivity contribution in [1.82, 2.24) is 10.2 Å². The Hall–Kier alpha value is -0.630. The van der Waals surface area contributed by atoms with E-state index in [9.17, 15) is 5.26 Å². The second-order valence-corrected chi connectivity index (χ2v) is 7.63. The lowest BCUT2D eigenvalue weighted by molar-refractivity contribution is -0.131. The van der Waals surface area contributed by atoms with Gasteiger partial charge in [0.1, 0.15) is 5.54 Å². The van der Waals surface area contributed by atoms with Gasteiger partial charge in [0.2, 0.25) is 0 Å². The Morgan fingerprint density at radius 2 is 2.05 bits per heavy atom. The molecule has 1 heterocycles. The molecule has 20 heavy (non-hydrogen) atoms.